The van der Waals surface area contributed by atoms with Crippen LogP contribution in [0.25, 0.3) is 0 Å². The van der Waals surface area contributed by atoms with Crippen molar-refractivity contribution in [1.82, 2.24) is 5.32 Å². The zero-order valence-corrected chi connectivity index (χ0v) is 9.02. The van der Waals surface area contributed by atoms with Gasteiger partial charge >= 0.3 is 0 Å². The van der Waals surface area contributed by atoms with Gasteiger partial charge in [0.25, 0.3) is 0 Å². The number of ether oxygens (including phenoxy) is 1. The van der Waals surface area contributed by atoms with E-state index < -0.39 is 0 Å². The predicted molar refractivity (Wildman–Crippen MR) is 53.8 cm³/mol. The molecule has 0 aromatic carbocycles. The maximum Gasteiger partial charge on any atom is 0.0722 e. The molecular weight excluding hydrogens is 162 g/mol. The Labute approximate surface area is 81.0 Å². The molecule has 0 aromatic heterocycles. The molecule has 1 N–H and O–H groups in total. The lowest BCUT2D eigenvalue weighted by Gasteiger charge is -2.43. The van der Waals surface area contributed by atoms with Gasteiger partial charge in [-0.25, -0.2) is 0 Å². The molecule has 0 amide bonds. The van der Waals surface area contributed by atoms with Gasteiger partial charge in [-0.1, -0.05) is 6.92 Å². The molecule has 0 spiro atoms. The largest absolute Gasteiger partial charge is 0.375 e. The van der Waals surface area contributed by atoms with Crippen LogP contribution in [-0.4, -0.2) is 25.3 Å². The maximum atomic E-state index is 5.98. The summed E-state index contributed by atoms with van der Waals surface area (Å²) in [5.41, 5.74) is 0.613. The highest BCUT2D eigenvalue weighted by atomic mass is 16.5. The van der Waals surface area contributed by atoms with E-state index in [2.05, 4.69) is 26.2 Å². The summed E-state index contributed by atoms with van der Waals surface area (Å²) in [6, 6.07) is 0.663. The van der Waals surface area contributed by atoms with Gasteiger partial charge in [-0.05, 0) is 45.1 Å². The number of hydrogen-bond acceptors (Lipinski definition) is 2. The topological polar surface area (TPSA) is 21.3 Å². The monoisotopic (exact) mass is 183 g/mol. The van der Waals surface area contributed by atoms with Crippen molar-refractivity contribution in [1.29, 1.82) is 0 Å². The van der Waals surface area contributed by atoms with Crippen molar-refractivity contribution in [3.8, 4) is 0 Å². The first-order chi connectivity index (χ1) is 6.10. The van der Waals surface area contributed by atoms with Crippen molar-refractivity contribution in [2.24, 2.45) is 5.41 Å². The molecule has 2 nitrogen and oxygen atoms in total. The summed E-state index contributed by atoms with van der Waals surface area (Å²) < 4.78 is 5.98. The molecule has 2 unspecified atom stereocenters. The van der Waals surface area contributed by atoms with E-state index in [-0.39, 0.29) is 5.60 Å². The molecule has 0 aromatic rings. The minimum Gasteiger partial charge on any atom is -0.375 e. The zero-order chi connectivity index (χ0) is 9.53. The van der Waals surface area contributed by atoms with E-state index >= 15 is 0 Å². The highest BCUT2D eigenvalue weighted by Crippen LogP contribution is 2.57. The summed E-state index contributed by atoms with van der Waals surface area (Å²) in [7, 11) is 2.06. The number of nitrogens with one attached hydrogen (secondary N) is 1. The average molecular weight is 183 g/mol. The maximum absolute atomic E-state index is 5.98. The fraction of sp³-hybridized carbons (Fsp3) is 1.00. The summed E-state index contributed by atoms with van der Waals surface area (Å²) in [6.07, 6.45) is 5.04. The third kappa shape index (κ3) is 1.50. The minimum absolute atomic E-state index is 0.138. The normalized spacial score (nSPS) is 43.2. The highest BCUT2D eigenvalue weighted by molar-refractivity contribution is 5.06. The molecule has 2 fully saturated rings. The van der Waals surface area contributed by atoms with Gasteiger partial charge in [0.05, 0.1) is 5.60 Å². The van der Waals surface area contributed by atoms with Crippen molar-refractivity contribution in [2.45, 2.75) is 51.2 Å². The Morgan fingerprint density at radius 3 is 2.54 bits per heavy atom. The average Bonchev–Trinajstić information content (AvgIpc) is 2.85. The molecular formula is C11H21NO. The quantitative estimate of drug-likeness (QED) is 0.706. The van der Waals surface area contributed by atoms with E-state index in [1.165, 1.54) is 25.7 Å². The van der Waals surface area contributed by atoms with E-state index in [4.69, 9.17) is 4.74 Å². The van der Waals surface area contributed by atoms with E-state index in [0.29, 0.717) is 11.5 Å². The first-order valence-electron chi connectivity index (χ1n) is 5.41. The van der Waals surface area contributed by atoms with E-state index in [9.17, 15) is 0 Å². The van der Waals surface area contributed by atoms with E-state index in [0.717, 1.165) is 6.61 Å². The Morgan fingerprint density at radius 2 is 2.00 bits per heavy atom. The number of rotatable bonds is 2. The highest BCUT2D eigenvalue weighted by Gasteiger charge is 2.55. The van der Waals surface area contributed by atoms with E-state index in [1.807, 2.05) is 0 Å². The molecule has 2 heteroatoms. The lowest BCUT2D eigenvalue weighted by Crippen LogP contribution is -2.48. The predicted octanol–water partition coefficient (Wildman–Crippen LogP) is 1.94. The van der Waals surface area contributed by atoms with Crippen LogP contribution in [0.1, 0.15) is 39.5 Å². The molecule has 2 atom stereocenters. The Kier molecular flexibility index (Phi) is 2.16. The Bertz CT molecular complexity index is 200. The molecule has 0 radical (unpaired) electrons. The fourth-order valence-electron chi connectivity index (χ4n) is 2.44. The van der Waals surface area contributed by atoms with Gasteiger partial charge in [-0.2, -0.15) is 0 Å². The lowest BCUT2D eigenvalue weighted by atomic mass is 9.79. The summed E-state index contributed by atoms with van der Waals surface area (Å²) in [6.45, 7) is 5.59. The van der Waals surface area contributed by atoms with Crippen LogP contribution in [0.5, 0.6) is 0 Å². The molecule has 1 heterocycles. The first-order valence-corrected chi connectivity index (χ1v) is 5.41. The Hall–Kier alpha value is -0.0800. The molecule has 76 valence electrons. The molecule has 2 aliphatic rings. The fourth-order valence-corrected chi connectivity index (χ4v) is 2.44. The first kappa shape index (κ1) is 9.47. The third-order valence-corrected chi connectivity index (χ3v) is 4.21. The number of hydrogen-bond donors (Lipinski definition) is 1. The minimum atomic E-state index is 0.138. The molecule has 1 aliphatic heterocycles. The van der Waals surface area contributed by atoms with Crippen LogP contribution in [0, 0.1) is 5.41 Å². The van der Waals surface area contributed by atoms with Gasteiger partial charge in [-0.3, -0.25) is 0 Å². The van der Waals surface area contributed by atoms with Gasteiger partial charge in [0.2, 0.25) is 0 Å². The van der Waals surface area contributed by atoms with Crippen LogP contribution in [-0.2, 0) is 4.74 Å². The summed E-state index contributed by atoms with van der Waals surface area (Å²) in [5.74, 6) is 0. The van der Waals surface area contributed by atoms with Crippen LogP contribution in [0.2, 0.25) is 0 Å². The van der Waals surface area contributed by atoms with Crippen molar-refractivity contribution < 1.29 is 4.74 Å². The second kappa shape index (κ2) is 2.96. The summed E-state index contributed by atoms with van der Waals surface area (Å²) in [4.78, 5) is 0. The smallest absolute Gasteiger partial charge is 0.0722 e. The molecule has 13 heavy (non-hydrogen) atoms. The summed E-state index contributed by atoms with van der Waals surface area (Å²) in [5, 5.41) is 3.38. The van der Waals surface area contributed by atoms with Gasteiger partial charge in [0, 0.05) is 12.6 Å². The van der Waals surface area contributed by atoms with Crippen LogP contribution >= 0.6 is 0 Å². The molecule has 1 saturated carbocycles. The molecule has 1 aliphatic carbocycles. The van der Waals surface area contributed by atoms with Crippen molar-refractivity contribution in [3.05, 3.63) is 0 Å². The SMILES string of the molecule is CNC1CCOC(C)(C2(C)CC2)C1. The second-order valence-corrected chi connectivity index (χ2v) is 5.12. The van der Waals surface area contributed by atoms with Gasteiger partial charge < -0.3 is 10.1 Å². The molecule has 2 rings (SSSR count). The van der Waals surface area contributed by atoms with Crippen LogP contribution in [0.4, 0.5) is 0 Å². The zero-order valence-electron chi connectivity index (χ0n) is 9.02. The van der Waals surface area contributed by atoms with Crippen LogP contribution < -0.4 is 5.32 Å². The van der Waals surface area contributed by atoms with Crippen LogP contribution in [0.3, 0.4) is 0 Å². The Morgan fingerprint density at radius 1 is 1.31 bits per heavy atom. The molecule has 0 bridgehead atoms. The van der Waals surface area contributed by atoms with Crippen molar-refractivity contribution >= 4 is 0 Å². The van der Waals surface area contributed by atoms with E-state index in [1.54, 1.807) is 0 Å². The summed E-state index contributed by atoms with van der Waals surface area (Å²) >= 11 is 0. The van der Waals surface area contributed by atoms with Gasteiger partial charge in [0.1, 0.15) is 0 Å². The van der Waals surface area contributed by atoms with Crippen molar-refractivity contribution in [3.63, 3.8) is 0 Å². The van der Waals surface area contributed by atoms with Gasteiger partial charge in [-0.15, -0.1) is 0 Å². The standard InChI is InChI=1S/C11H21NO/c1-10(5-6-10)11(2)8-9(12-3)4-7-13-11/h9,12H,4-8H2,1-3H3. The van der Waals surface area contributed by atoms with Crippen molar-refractivity contribution in [2.75, 3.05) is 13.7 Å². The molecule has 1 saturated heterocycles. The second-order valence-electron chi connectivity index (χ2n) is 5.12. The Balaban J connectivity index is 2.05. The third-order valence-electron chi connectivity index (χ3n) is 4.21. The van der Waals surface area contributed by atoms with Gasteiger partial charge in [0.15, 0.2) is 0 Å². The van der Waals surface area contributed by atoms with Crippen LogP contribution in [0.15, 0.2) is 0 Å². The lowest BCUT2D eigenvalue weighted by molar-refractivity contribution is -0.117.